The van der Waals surface area contributed by atoms with Gasteiger partial charge in [-0.1, -0.05) is 20.8 Å². The highest BCUT2D eigenvalue weighted by Crippen LogP contribution is 2.47. The van der Waals surface area contributed by atoms with Crippen LogP contribution in [0.15, 0.2) is 18.7 Å². The van der Waals surface area contributed by atoms with Gasteiger partial charge in [-0.3, -0.25) is 0 Å². The molecule has 1 heterocycles. The van der Waals surface area contributed by atoms with E-state index in [1.54, 1.807) is 6.33 Å². The van der Waals surface area contributed by atoms with Crippen molar-refractivity contribution in [3.63, 3.8) is 0 Å². The number of ether oxygens (including phenoxy) is 1. The summed E-state index contributed by atoms with van der Waals surface area (Å²) in [5.41, 5.74) is 1.40. The molecule has 0 amide bonds. The molecule has 0 radical (unpaired) electrons. The van der Waals surface area contributed by atoms with Crippen molar-refractivity contribution in [2.75, 3.05) is 13.7 Å². The second-order valence-corrected chi connectivity index (χ2v) is 6.60. The smallest absolute Gasteiger partial charge is 0.115 e. The summed E-state index contributed by atoms with van der Waals surface area (Å²) in [6.45, 7) is 7.74. The topological polar surface area (TPSA) is 47.0 Å². The predicted octanol–water partition coefficient (Wildman–Crippen LogP) is 3.11. The van der Waals surface area contributed by atoms with Crippen LogP contribution >= 0.6 is 0 Å². The molecule has 4 heteroatoms. The number of hydrogen-bond acceptors (Lipinski definition) is 4. The van der Waals surface area contributed by atoms with E-state index >= 15 is 0 Å². The van der Waals surface area contributed by atoms with E-state index in [0.29, 0.717) is 5.41 Å². The minimum absolute atomic E-state index is 0.143. The van der Waals surface area contributed by atoms with Gasteiger partial charge < -0.3 is 10.1 Å². The Morgan fingerprint density at radius 3 is 2.30 bits per heavy atom. The van der Waals surface area contributed by atoms with Gasteiger partial charge in [-0.15, -0.1) is 0 Å². The van der Waals surface area contributed by atoms with Crippen molar-refractivity contribution in [2.45, 2.75) is 58.1 Å². The van der Waals surface area contributed by atoms with E-state index in [9.17, 15) is 0 Å². The molecule has 0 saturated heterocycles. The fourth-order valence-electron chi connectivity index (χ4n) is 3.23. The average Bonchev–Trinajstić information content (AvgIpc) is 2.47. The minimum Gasteiger partial charge on any atom is -0.376 e. The third-order valence-electron chi connectivity index (χ3n) is 4.70. The molecular weight excluding hydrogens is 250 g/mol. The zero-order valence-electron chi connectivity index (χ0n) is 13.1. The van der Waals surface area contributed by atoms with E-state index in [1.165, 1.54) is 12.8 Å². The zero-order valence-corrected chi connectivity index (χ0v) is 13.1. The second-order valence-electron chi connectivity index (χ2n) is 6.60. The molecule has 1 N–H and O–H groups in total. The normalized spacial score (nSPS) is 22.4. The molecule has 0 aromatic carbocycles. The molecule has 1 saturated carbocycles. The van der Waals surface area contributed by atoms with Crippen molar-refractivity contribution >= 4 is 0 Å². The summed E-state index contributed by atoms with van der Waals surface area (Å²) >= 11 is 0. The zero-order chi connectivity index (χ0) is 14.6. The fourth-order valence-corrected chi connectivity index (χ4v) is 3.23. The Bertz CT molecular complexity index is 409. The summed E-state index contributed by atoms with van der Waals surface area (Å²) in [4.78, 5) is 8.34. The van der Waals surface area contributed by atoms with E-state index in [4.69, 9.17) is 4.74 Å². The largest absolute Gasteiger partial charge is 0.376 e. The van der Waals surface area contributed by atoms with Crippen LogP contribution in [0.4, 0.5) is 0 Å². The van der Waals surface area contributed by atoms with E-state index in [-0.39, 0.29) is 11.6 Å². The fraction of sp³-hybridized carbons (Fsp3) is 0.750. The van der Waals surface area contributed by atoms with Gasteiger partial charge in [-0.2, -0.15) is 0 Å². The third-order valence-corrected chi connectivity index (χ3v) is 4.70. The predicted molar refractivity (Wildman–Crippen MR) is 80.4 cm³/mol. The summed E-state index contributed by atoms with van der Waals surface area (Å²) in [5.74, 6) is 0. The first kappa shape index (κ1) is 15.4. The molecule has 0 spiro atoms. The molecule has 0 bridgehead atoms. The van der Waals surface area contributed by atoms with Gasteiger partial charge in [0.25, 0.3) is 0 Å². The monoisotopic (exact) mass is 277 g/mol. The van der Waals surface area contributed by atoms with Crippen molar-refractivity contribution < 1.29 is 4.74 Å². The number of aromatic nitrogens is 2. The Kier molecular flexibility index (Phi) is 4.76. The van der Waals surface area contributed by atoms with Crippen LogP contribution in [0.5, 0.6) is 0 Å². The van der Waals surface area contributed by atoms with Crippen molar-refractivity contribution in [1.29, 1.82) is 0 Å². The lowest BCUT2D eigenvalue weighted by Crippen LogP contribution is -2.49. The third kappa shape index (κ3) is 3.18. The first-order chi connectivity index (χ1) is 9.53. The van der Waals surface area contributed by atoms with Gasteiger partial charge in [0.05, 0.1) is 11.6 Å². The van der Waals surface area contributed by atoms with Crippen molar-refractivity contribution in [3.8, 4) is 0 Å². The lowest BCUT2D eigenvalue weighted by atomic mass is 9.67. The first-order valence-corrected chi connectivity index (χ1v) is 7.56. The van der Waals surface area contributed by atoms with Gasteiger partial charge >= 0.3 is 0 Å². The van der Waals surface area contributed by atoms with Crippen molar-refractivity contribution in [2.24, 2.45) is 5.41 Å². The second kappa shape index (κ2) is 6.19. The van der Waals surface area contributed by atoms with Crippen LogP contribution in [0.3, 0.4) is 0 Å². The highest BCUT2D eigenvalue weighted by molar-refractivity contribution is 5.16. The summed E-state index contributed by atoms with van der Waals surface area (Å²) in [6, 6.07) is 0.162. The Morgan fingerprint density at radius 1 is 1.20 bits per heavy atom. The van der Waals surface area contributed by atoms with Gasteiger partial charge in [0.2, 0.25) is 0 Å². The number of rotatable bonds is 5. The van der Waals surface area contributed by atoms with Crippen LogP contribution in [0.25, 0.3) is 0 Å². The molecule has 2 rings (SSSR count). The molecular formula is C16H27N3O. The number of nitrogens with one attached hydrogen (secondary N) is 1. The van der Waals surface area contributed by atoms with Gasteiger partial charge in [0, 0.05) is 25.1 Å². The summed E-state index contributed by atoms with van der Waals surface area (Å²) in [7, 11) is 1.84. The first-order valence-electron chi connectivity index (χ1n) is 7.56. The molecule has 1 aliphatic rings. The van der Waals surface area contributed by atoms with Crippen molar-refractivity contribution in [1.82, 2.24) is 15.3 Å². The van der Waals surface area contributed by atoms with Crippen LogP contribution in [-0.4, -0.2) is 29.2 Å². The molecule has 1 aromatic rings. The SMILES string of the molecule is CCNC(c1cncnc1)C1(OC)CCC(C)(C)CC1. The lowest BCUT2D eigenvalue weighted by molar-refractivity contribution is -0.0874. The molecule has 1 fully saturated rings. The van der Waals surface area contributed by atoms with E-state index in [2.05, 4.69) is 36.1 Å². The summed E-state index contributed by atoms with van der Waals surface area (Å²) in [5, 5.41) is 3.58. The lowest BCUT2D eigenvalue weighted by Gasteiger charge is -2.47. The Hall–Kier alpha value is -1.00. The molecule has 0 aliphatic heterocycles. The van der Waals surface area contributed by atoms with Crippen LogP contribution in [0, 0.1) is 5.41 Å². The molecule has 4 nitrogen and oxygen atoms in total. The van der Waals surface area contributed by atoms with E-state index in [1.807, 2.05) is 19.5 Å². The number of methoxy groups -OCH3 is 1. The van der Waals surface area contributed by atoms with E-state index in [0.717, 1.165) is 24.9 Å². The Morgan fingerprint density at radius 2 is 1.80 bits per heavy atom. The number of hydrogen-bond donors (Lipinski definition) is 1. The van der Waals surface area contributed by atoms with Gasteiger partial charge in [-0.05, 0) is 37.6 Å². The van der Waals surface area contributed by atoms with E-state index < -0.39 is 0 Å². The van der Waals surface area contributed by atoms with Gasteiger partial charge in [0.1, 0.15) is 6.33 Å². The molecule has 1 aliphatic carbocycles. The van der Waals surface area contributed by atoms with Gasteiger partial charge in [-0.25, -0.2) is 9.97 Å². The quantitative estimate of drug-likeness (QED) is 0.898. The molecule has 1 atom stereocenters. The number of nitrogens with zero attached hydrogens (tertiary/aromatic N) is 2. The maximum Gasteiger partial charge on any atom is 0.115 e. The maximum atomic E-state index is 6.02. The van der Waals surface area contributed by atoms with Crippen LogP contribution in [0.2, 0.25) is 0 Å². The molecule has 1 unspecified atom stereocenters. The van der Waals surface area contributed by atoms with Crippen molar-refractivity contribution in [3.05, 3.63) is 24.3 Å². The standard InChI is InChI=1S/C16H27N3O/c1-5-19-14(13-10-17-12-18-11-13)16(20-4)8-6-15(2,3)7-9-16/h10-12,14,19H,5-9H2,1-4H3. The molecule has 112 valence electrons. The van der Waals surface area contributed by atoms with Crippen LogP contribution in [0.1, 0.15) is 58.1 Å². The Balaban J connectivity index is 2.26. The summed E-state index contributed by atoms with van der Waals surface area (Å²) in [6.07, 6.45) is 9.91. The highest BCUT2D eigenvalue weighted by atomic mass is 16.5. The number of likely N-dealkylation sites (N-methyl/N-ethyl adjacent to an activating group) is 1. The Labute approximate surface area is 122 Å². The average molecular weight is 277 g/mol. The molecule has 1 aromatic heterocycles. The highest BCUT2D eigenvalue weighted by Gasteiger charge is 2.44. The molecule has 20 heavy (non-hydrogen) atoms. The maximum absolute atomic E-state index is 6.02. The minimum atomic E-state index is -0.143. The summed E-state index contributed by atoms with van der Waals surface area (Å²) < 4.78 is 6.02. The van der Waals surface area contributed by atoms with Crippen LogP contribution < -0.4 is 5.32 Å². The van der Waals surface area contributed by atoms with Crippen LogP contribution in [-0.2, 0) is 4.74 Å². The van der Waals surface area contributed by atoms with Gasteiger partial charge in [0.15, 0.2) is 0 Å².